The van der Waals surface area contributed by atoms with Gasteiger partial charge < -0.3 is 14.6 Å². The molecule has 6 rings (SSSR count). The zero-order valence-electron chi connectivity index (χ0n) is 20.2. The molecule has 7 nitrogen and oxygen atoms in total. The standard InChI is InChI=1S/C29H24FN5O2/c1-37-23-5-2-4-20(16-23)27-26(18-35(33-27)22-9-7-21(30)8-10-22)29(36)34-14-11-19(12-15-34)25-17-32-28-24(25)6-3-13-31-28/h2-11,13,16-18H,12,14-15H2,1H3,(H,31,32). The van der Waals surface area contributed by atoms with E-state index < -0.39 is 0 Å². The van der Waals surface area contributed by atoms with Crippen molar-refractivity contribution >= 4 is 22.5 Å². The number of amides is 1. The van der Waals surface area contributed by atoms with Crippen molar-refractivity contribution in [1.29, 1.82) is 0 Å². The number of rotatable bonds is 5. The Labute approximate surface area is 212 Å². The van der Waals surface area contributed by atoms with Crippen LogP contribution in [0.15, 0.2) is 85.3 Å². The van der Waals surface area contributed by atoms with Crippen molar-refractivity contribution in [3.63, 3.8) is 0 Å². The lowest BCUT2D eigenvalue weighted by Crippen LogP contribution is -2.34. The SMILES string of the molecule is COc1cccc(-c2nn(-c3ccc(F)cc3)cc2C(=O)N2CC=C(c3c[nH]c4ncccc34)CC2)c1. The lowest BCUT2D eigenvalue weighted by Gasteiger charge is -2.26. The zero-order valence-corrected chi connectivity index (χ0v) is 20.2. The number of fused-ring (bicyclic) bond motifs is 1. The lowest BCUT2D eigenvalue weighted by atomic mass is 9.99. The second-order valence-corrected chi connectivity index (χ2v) is 8.88. The number of nitrogens with zero attached hydrogens (tertiary/aromatic N) is 4. The number of ether oxygens (including phenoxy) is 1. The normalized spacial score (nSPS) is 13.6. The number of H-pyrrole nitrogens is 1. The monoisotopic (exact) mass is 493 g/mol. The Balaban J connectivity index is 1.34. The Bertz CT molecular complexity index is 1630. The largest absolute Gasteiger partial charge is 0.497 e. The summed E-state index contributed by atoms with van der Waals surface area (Å²) in [5.74, 6) is 0.232. The Morgan fingerprint density at radius 2 is 1.97 bits per heavy atom. The minimum atomic E-state index is -0.331. The number of benzene rings is 2. The van der Waals surface area contributed by atoms with Gasteiger partial charge in [0.25, 0.3) is 5.91 Å². The number of halogens is 1. The maximum atomic E-state index is 13.8. The van der Waals surface area contributed by atoms with Gasteiger partial charge in [-0.2, -0.15) is 5.10 Å². The van der Waals surface area contributed by atoms with Crippen molar-refractivity contribution in [1.82, 2.24) is 24.6 Å². The van der Waals surface area contributed by atoms with Crippen LogP contribution in [0.2, 0.25) is 0 Å². The van der Waals surface area contributed by atoms with Gasteiger partial charge in [-0.1, -0.05) is 18.2 Å². The van der Waals surface area contributed by atoms with Gasteiger partial charge in [-0.3, -0.25) is 4.79 Å². The molecule has 2 aromatic carbocycles. The smallest absolute Gasteiger partial charge is 0.258 e. The van der Waals surface area contributed by atoms with Crippen LogP contribution in [-0.2, 0) is 0 Å². The molecule has 0 spiro atoms. The van der Waals surface area contributed by atoms with Crippen molar-refractivity contribution in [3.05, 3.63) is 102 Å². The van der Waals surface area contributed by atoms with Crippen molar-refractivity contribution in [3.8, 4) is 22.7 Å². The molecule has 0 fully saturated rings. The van der Waals surface area contributed by atoms with E-state index in [0.717, 1.165) is 28.6 Å². The number of carbonyl (C=O) groups excluding carboxylic acids is 1. The van der Waals surface area contributed by atoms with E-state index in [0.29, 0.717) is 35.8 Å². The second-order valence-electron chi connectivity index (χ2n) is 8.88. The predicted octanol–water partition coefficient (Wildman–Crippen LogP) is 5.49. The molecule has 1 aliphatic heterocycles. The maximum absolute atomic E-state index is 13.8. The van der Waals surface area contributed by atoms with Crippen LogP contribution in [0.4, 0.5) is 4.39 Å². The number of methoxy groups -OCH3 is 1. The second kappa shape index (κ2) is 9.39. The number of aromatic nitrogens is 4. The molecule has 37 heavy (non-hydrogen) atoms. The fourth-order valence-corrected chi connectivity index (χ4v) is 4.73. The van der Waals surface area contributed by atoms with Crippen molar-refractivity contribution in [2.45, 2.75) is 6.42 Å². The van der Waals surface area contributed by atoms with E-state index in [2.05, 4.69) is 22.1 Å². The topological polar surface area (TPSA) is 76.0 Å². The highest BCUT2D eigenvalue weighted by Gasteiger charge is 2.26. The van der Waals surface area contributed by atoms with Crippen LogP contribution in [0, 0.1) is 5.82 Å². The fourth-order valence-electron chi connectivity index (χ4n) is 4.73. The molecule has 0 unspecified atom stereocenters. The van der Waals surface area contributed by atoms with Crippen LogP contribution in [0.3, 0.4) is 0 Å². The quantitative estimate of drug-likeness (QED) is 0.351. The van der Waals surface area contributed by atoms with E-state index >= 15 is 0 Å². The van der Waals surface area contributed by atoms with Crippen molar-refractivity contribution < 1.29 is 13.9 Å². The molecule has 1 N–H and O–H groups in total. The van der Waals surface area contributed by atoms with E-state index in [1.807, 2.05) is 41.4 Å². The summed E-state index contributed by atoms with van der Waals surface area (Å²) in [4.78, 5) is 23.2. The summed E-state index contributed by atoms with van der Waals surface area (Å²) in [6.07, 6.45) is 8.30. The summed E-state index contributed by atoms with van der Waals surface area (Å²) in [6.45, 7) is 1.07. The average Bonchev–Trinajstić information content (AvgIpc) is 3.59. The molecule has 0 bridgehead atoms. The number of hydrogen-bond acceptors (Lipinski definition) is 4. The Hall–Kier alpha value is -4.72. The average molecular weight is 494 g/mol. The highest BCUT2D eigenvalue weighted by molar-refractivity contribution is 6.00. The number of carbonyl (C=O) groups is 1. The highest BCUT2D eigenvalue weighted by Crippen LogP contribution is 2.31. The molecule has 1 aliphatic rings. The number of nitrogens with one attached hydrogen (secondary N) is 1. The van der Waals surface area contributed by atoms with Crippen LogP contribution in [0.1, 0.15) is 22.3 Å². The summed E-state index contributed by atoms with van der Waals surface area (Å²) < 4.78 is 20.5. The lowest BCUT2D eigenvalue weighted by molar-refractivity contribution is 0.0773. The first-order valence-corrected chi connectivity index (χ1v) is 12.0. The van der Waals surface area contributed by atoms with Gasteiger partial charge >= 0.3 is 0 Å². The minimum Gasteiger partial charge on any atom is -0.497 e. The molecular weight excluding hydrogens is 469 g/mol. The third kappa shape index (κ3) is 4.27. The summed E-state index contributed by atoms with van der Waals surface area (Å²) >= 11 is 0. The van der Waals surface area contributed by atoms with E-state index in [4.69, 9.17) is 9.84 Å². The van der Waals surface area contributed by atoms with E-state index in [1.54, 1.807) is 36.3 Å². The fraction of sp³-hybridized carbons (Fsp3) is 0.138. The number of pyridine rings is 1. The van der Waals surface area contributed by atoms with Crippen LogP contribution < -0.4 is 4.74 Å². The van der Waals surface area contributed by atoms with Gasteiger partial charge in [0.15, 0.2) is 0 Å². The Morgan fingerprint density at radius 1 is 1.11 bits per heavy atom. The van der Waals surface area contributed by atoms with Gasteiger partial charge in [-0.05, 0) is 60.5 Å². The third-order valence-electron chi connectivity index (χ3n) is 6.67. The van der Waals surface area contributed by atoms with Crippen molar-refractivity contribution in [2.24, 2.45) is 0 Å². The van der Waals surface area contributed by atoms with Crippen LogP contribution in [-0.4, -0.2) is 50.8 Å². The molecule has 5 aromatic rings. The van der Waals surface area contributed by atoms with Gasteiger partial charge in [-0.25, -0.2) is 14.1 Å². The molecule has 184 valence electrons. The Kier molecular flexibility index (Phi) is 5.76. The summed E-state index contributed by atoms with van der Waals surface area (Å²) in [5, 5.41) is 5.80. The van der Waals surface area contributed by atoms with Gasteiger partial charge in [0.05, 0.1) is 18.4 Å². The van der Waals surface area contributed by atoms with E-state index in [9.17, 15) is 9.18 Å². The Morgan fingerprint density at radius 3 is 2.76 bits per heavy atom. The molecule has 3 aromatic heterocycles. The summed E-state index contributed by atoms with van der Waals surface area (Å²) in [5.41, 5.74) is 5.63. The molecular formula is C29H24FN5O2. The molecule has 0 aliphatic carbocycles. The minimum absolute atomic E-state index is 0.109. The van der Waals surface area contributed by atoms with E-state index in [1.165, 1.54) is 17.7 Å². The molecule has 0 radical (unpaired) electrons. The first-order chi connectivity index (χ1) is 18.1. The van der Waals surface area contributed by atoms with Crippen molar-refractivity contribution in [2.75, 3.05) is 20.2 Å². The molecule has 0 atom stereocenters. The molecule has 8 heteroatoms. The van der Waals surface area contributed by atoms with Crippen LogP contribution >= 0.6 is 0 Å². The van der Waals surface area contributed by atoms with Gasteiger partial charge in [-0.15, -0.1) is 0 Å². The molecule has 1 amide bonds. The number of aromatic amines is 1. The van der Waals surface area contributed by atoms with Crippen LogP contribution in [0.5, 0.6) is 5.75 Å². The highest BCUT2D eigenvalue weighted by atomic mass is 19.1. The maximum Gasteiger partial charge on any atom is 0.258 e. The summed E-state index contributed by atoms with van der Waals surface area (Å²) in [7, 11) is 1.60. The van der Waals surface area contributed by atoms with Crippen LogP contribution in [0.25, 0.3) is 33.6 Å². The zero-order chi connectivity index (χ0) is 25.4. The van der Waals surface area contributed by atoms with Gasteiger partial charge in [0.1, 0.15) is 22.9 Å². The third-order valence-corrected chi connectivity index (χ3v) is 6.67. The molecule has 0 saturated carbocycles. The molecule has 0 saturated heterocycles. The van der Waals surface area contributed by atoms with E-state index in [-0.39, 0.29) is 11.7 Å². The molecule has 4 heterocycles. The first-order valence-electron chi connectivity index (χ1n) is 12.0. The predicted molar refractivity (Wildman–Crippen MR) is 140 cm³/mol. The van der Waals surface area contributed by atoms with Gasteiger partial charge in [0, 0.05) is 48.2 Å². The summed E-state index contributed by atoms with van der Waals surface area (Å²) in [6, 6.07) is 17.5. The first kappa shape index (κ1) is 22.7. The van der Waals surface area contributed by atoms with Gasteiger partial charge in [0.2, 0.25) is 0 Å². The number of hydrogen-bond donors (Lipinski definition) is 1.